The molecule has 0 aliphatic carbocycles. The van der Waals surface area contributed by atoms with Gasteiger partial charge in [0.15, 0.2) is 0 Å². The van der Waals surface area contributed by atoms with Crippen molar-refractivity contribution in [1.29, 1.82) is 0 Å². The lowest BCUT2D eigenvalue weighted by atomic mass is 10.0. The third-order valence-corrected chi connectivity index (χ3v) is 5.18. The minimum Gasteiger partial charge on any atom is -0.431 e. The Balaban J connectivity index is 1.65. The Morgan fingerprint density at radius 1 is 0.750 bits per heavy atom. The SMILES string of the molecule is CCCCCCCCCCCCc1ccccc1OC(=S)Nc1ccccc1. The highest BCUT2D eigenvalue weighted by molar-refractivity contribution is 7.80. The topological polar surface area (TPSA) is 21.3 Å². The molecule has 0 saturated carbocycles. The number of hydrogen-bond acceptors (Lipinski definition) is 2. The molecule has 0 amide bonds. The smallest absolute Gasteiger partial charge is 0.266 e. The van der Waals surface area contributed by atoms with Crippen LogP contribution in [0.4, 0.5) is 5.69 Å². The summed E-state index contributed by atoms with van der Waals surface area (Å²) in [5.74, 6) is 0.867. The molecule has 0 radical (unpaired) electrons. The van der Waals surface area contributed by atoms with Crippen molar-refractivity contribution in [2.45, 2.75) is 77.6 Å². The standard InChI is InChI=1S/C25H35NOS/c1-2-3-4-5-6-7-8-9-10-12-17-22-18-15-16-21-24(22)27-25(28)26-23-19-13-11-14-20-23/h11,13-16,18-21H,2-10,12,17H2,1H3,(H,26,28). The Bertz CT molecular complexity index is 671. The van der Waals surface area contributed by atoms with E-state index in [-0.39, 0.29) is 0 Å². The summed E-state index contributed by atoms with van der Waals surface area (Å²) in [6, 6.07) is 18.1. The Hall–Kier alpha value is -1.87. The summed E-state index contributed by atoms with van der Waals surface area (Å²) >= 11 is 5.37. The van der Waals surface area contributed by atoms with Crippen LogP contribution in [0.3, 0.4) is 0 Å². The van der Waals surface area contributed by atoms with Gasteiger partial charge in [-0.15, -0.1) is 0 Å². The Morgan fingerprint density at radius 2 is 1.32 bits per heavy atom. The normalized spacial score (nSPS) is 10.6. The molecule has 0 spiro atoms. The average Bonchev–Trinajstić information content (AvgIpc) is 2.71. The molecule has 2 nitrogen and oxygen atoms in total. The monoisotopic (exact) mass is 397 g/mol. The molecular formula is C25H35NOS. The van der Waals surface area contributed by atoms with Crippen LogP contribution in [-0.2, 0) is 6.42 Å². The van der Waals surface area contributed by atoms with Crippen molar-refractivity contribution in [3.05, 3.63) is 60.2 Å². The largest absolute Gasteiger partial charge is 0.431 e. The first kappa shape index (κ1) is 22.4. The number of nitrogens with one attached hydrogen (secondary N) is 1. The van der Waals surface area contributed by atoms with Crippen LogP contribution in [0.15, 0.2) is 54.6 Å². The fraction of sp³-hybridized carbons (Fsp3) is 0.480. The van der Waals surface area contributed by atoms with E-state index >= 15 is 0 Å². The van der Waals surface area contributed by atoms with Gasteiger partial charge in [0.2, 0.25) is 0 Å². The summed E-state index contributed by atoms with van der Waals surface area (Å²) in [5.41, 5.74) is 2.18. The molecule has 0 aliphatic heterocycles. The third-order valence-electron chi connectivity index (χ3n) is 5.00. The lowest BCUT2D eigenvalue weighted by Crippen LogP contribution is -2.17. The molecule has 0 aromatic heterocycles. The molecule has 2 aromatic carbocycles. The Morgan fingerprint density at radius 3 is 2.00 bits per heavy atom. The van der Waals surface area contributed by atoms with Crippen LogP contribution in [0.2, 0.25) is 0 Å². The molecule has 0 atom stereocenters. The zero-order valence-electron chi connectivity index (χ0n) is 17.3. The van der Waals surface area contributed by atoms with E-state index < -0.39 is 0 Å². The molecule has 1 N–H and O–H groups in total. The molecular weight excluding hydrogens is 362 g/mol. The van der Waals surface area contributed by atoms with Crippen LogP contribution in [0.25, 0.3) is 0 Å². The van der Waals surface area contributed by atoms with Gasteiger partial charge < -0.3 is 10.1 Å². The molecule has 0 fully saturated rings. The maximum Gasteiger partial charge on any atom is 0.266 e. The second-order valence-electron chi connectivity index (χ2n) is 7.42. The molecule has 28 heavy (non-hydrogen) atoms. The van der Waals surface area contributed by atoms with E-state index in [9.17, 15) is 0 Å². The number of aryl methyl sites for hydroxylation is 1. The van der Waals surface area contributed by atoms with Crippen molar-refractivity contribution in [2.75, 3.05) is 5.32 Å². The molecule has 152 valence electrons. The van der Waals surface area contributed by atoms with Crippen LogP contribution in [0.5, 0.6) is 5.75 Å². The summed E-state index contributed by atoms with van der Waals surface area (Å²) in [5, 5.41) is 3.53. The van der Waals surface area contributed by atoms with Gasteiger partial charge in [-0.1, -0.05) is 101 Å². The second kappa shape index (κ2) is 14.2. The van der Waals surface area contributed by atoms with E-state index in [4.69, 9.17) is 17.0 Å². The van der Waals surface area contributed by atoms with Crippen LogP contribution < -0.4 is 10.1 Å². The van der Waals surface area contributed by atoms with Gasteiger partial charge in [0, 0.05) is 5.69 Å². The highest BCUT2D eigenvalue weighted by Crippen LogP contribution is 2.22. The van der Waals surface area contributed by atoms with Crippen LogP contribution >= 0.6 is 12.2 Å². The molecule has 0 aliphatic rings. The molecule has 0 unspecified atom stereocenters. The fourth-order valence-electron chi connectivity index (χ4n) is 3.38. The second-order valence-corrected chi connectivity index (χ2v) is 7.79. The van der Waals surface area contributed by atoms with Crippen molar-refractivity contribution in [3.8, 4) is 5.75 Å². The van der Waals surface area contributed by atoms with E-state index in [1.54, 1.807) is 0 Å². The van der Waals surface area contributed by atoms with Crippen LogP contribution in [0.1, 0.15) is 76.7 Å². The highest BCUT2D eigenvalue weighted by Gasteiger charge is 2.06. The van der Waals surface area contributed by atoms with E-state index in [2.05, 4.69) is 24.4 Å². The lowest BCUT2D eigenvalue weighted by Gasteiger charge is -2.13. The van der Waals surface area contributed by atoms with Gasteiger partial charge in [0.25, 0.3) is 5.17 Å². The van der Waals surface area contributed by atoms with Gasteiger partial charge in [-0.25, -0.2) is 0 Å². The van der Waals surface area contributed by atoms with Crippen molar-refractivity contribution in [1.82, 2.24) is 0 Å². The zero-order valence-corrected chi connectivity index (χ0v) is 18.1. The summed E-state index contributed by atoms with van der Waals surface area (Å²) < 4.78 is 5.91. The molecule has 0 bridgehead atoms. The number of rotatable bonds is 13. The fourth-order valence-corrected chi connectivity index (χ4v) is 3.59. The quantitative estimate of drug-likeness (QED) is 0.274. The lowest BCUT2D eigenvalue weighted by molar-refractivity contribution is 0.541. The van der Waals surface area contributed by atoms with Gasteiger partial charge in [-0.3, -0.25) is 0 Å². The average molecular weight is 398 g/mol. The first-order chi connectivity index (χ1) is 13.8. The molecule has 0 saturated heterocycles. The summed E-state index contributed by atoms with van der Waals surface area (Å²) in [6.07, 6.45) is 14.6. The summed E-state index contributed by atoms with van der Waals surface area (Å²) in [6.45, 7) is 2.27. The minimum absolute atomic E-state index is 0.390. The molecule has 3 heteroatoms. The van der Waals surface area contributed by atoms with E-state index in [0.717, 1.165) is 17.9 Å². The maximum absolute atomic E-state index is 5.91. The highest BCUT2D eigenvalue weighted by atomic mass is 32.1. The number of benzene rings is 2. The maximum atomic E-state index is 5.91. The predicted molar refractivity (Wildman–Crippen MR) is 125 cm³/mol. The molecule has 2 aromatic rings. The number of hydrogen-bond donors (Lipinski definition) is 1. The molecule has 2 rings (SSSR count). The Labute approximate surface area is 176 Å². The zero-order chi connectivity index (χ0) is 19.9. The van der Waals surface area contributed by atoms with Crippen molar-refractivity contribution in [3.63, 3.8) is 0 Å². The van der Waals surface area contributed by atoms with Crippen LogP contribution in [-0.4, -0.2) is 5.17 Å². The predicted octanol–water partition coefficient (Wildman–Crippen LogP) is 7.93. The summed E-state index contributed by atoms with van der Waals surface area (Å²) in [4.78, 5) is 0. The van der Waals surface area contributed by atoms with E-state index in [1.165, 1.54) is 69.8 Å². The number of thiocarbonyl (C=S) groups is 1. The number of anilines is 1. The van der Waals surface area contributed by atoms with E-state index in [0.29, 0.717) is 5.17 Å². The van der Waals surface area contributed by atoms with Gasteiger partial charge in [0.1, 0.15) is 5.75 Å². The number of para-hydroxylation sites is 2. The van der Waals surface area contributed by atoms with Gasteiger partial charge in [-0.05, 0) is 48.8 Å². The number of unbranched alkanes of at least 4 members (excludes halogenated alkanes) is 9. The van der Waals surface area contributed by atoms with Crippen LogP contribution in [0, 0.1) is 0 Å². The molecule has 0 heterocycles. The third kappa shape index (κ3) is 9.36. The van der Waals surface area contributed by atoms with Gasteiger partial charge in [-0.2, -0.15) is 0 Å². The van der Waals surface area contributed by atoms with Crippen molar-refractivity contribution in [2.24, 2.45) is 0 Å². The Kier molecular flexibility index (Phi) is 11.3. The van der Waals surface area contributed by atoms with Crippen molar-refractivity contribution >= 4 is 23.1 Å². The van der Waals surface area contributed by atoms with Gasteiger partial charge in [0.05, 0.1) is 0 Å². The first-order valence-corrected chi connectivity index (χ1v) is 11.3. The first-order valence-electron chi connectivity index (χ1n) is 10.9. The van der Waals surface area contributed by atoms with E-state index in [1.807, 2.05) is 42.5 Å². The van der Waals surface area contributed by atoms with Crippen molar-refractivity contribution < 1.29 is 4.74 Å². The summed E-state index contributed by atoms with van der Waals surface area (Å²) in [7, 11) is 0. The minimum atomic E-state index is 0.390. The van der Waals surface area contributed by atoms with Gasteiger partial charge >= 0.3 is 0 Å². The number of ether oxygens (including phenoxy) is 1.